The lowest BCUT2D eigenvalue weighted by Gasteiger charge is -2.32. The van der Waals surface area contributed by atoms with E-state index in [-0.39, 0.29) is 6.10 Å². The first-order valence-corrected chi connectivity index (χ1v) is 8.15. The van der Waals surface area contributed by atoms with Crippen molar-refractivity contribution in [2.75, 3.05) is 26.2 Å². The lowest BCUT2D eigenvalue weighted by atomic mass is 10.2. The molecule has 2 aromatic rings. The molecule has 8 heteroatoms. The molecule has 0 unspecified atom stereocenters. The Bertz CT molecular complexity index is 585. The third kappa shape index (κ3) is 4.37. The molecule has 126 valence electrons. The highest BCUT2D eigenvalue weighted by molar-refractivity contribution is 4.97. The molecule has 8 nitrogen and oxygen atoms in total. The van der Waals surface area contributed by atoms with Gasteiger partial charge in [0.15, 0.2) is 5.82 Å². The van der Waals surface area contributed by atoms with E-state index in [9.17, 15) is 5.11 Å². The van der Waals surface area contributed by atoms with Gasteiger partial charge in [0.2, 0.25) is 0 Å². The molecule has 0 amide bonds. The summed E-state index contributed by atoms with van der Waals surface area (Å²) in [5.41, 5.74) is 0. The minimum absolute atomic E-state index is 0.137. The summed E-state index contributed by atoms with van der Waals surface area (Å²) in [5, 5.41) is 21.6. The summed E-state index contributed by atoms with van der Waals surface area (Å²) in [7, 11) is 0. The normalized spacial score (nSPS) is 20.7. The van der Waals surface area contributed by atoms with Gasteiger partial charge in [-0.15, -0.1) is 0 Å². The molecule has 0 bridgehead atoms. The van der Waals surface area contributed by atoms with E-state index in [1.807, 2.05) is 12.3 Å². The van der Waals surface area contributed by atoms with E-state index in [1.54, 1.807) is 10.9 Å². The topological polar surface area (TPSA) is 92.1 Å². The van der Waals surface area contributed by atoms with Crippen LogP contribution in [0, 0.1) is 0 Å². The number of morpholine rings is 1. The number of aromatic amines is 1. The minimum atomic E-state index is -0.462. The van der Waals surface area contributed by atoms with Gasteiger partial charge < -0.3 is 9.84 Å². The Hall–Kier alpha value is -1.77. The van der Waals surface area contributed by atoms with E-state index in [0.717, 1.165) is 25.2 Å². The maximum Gasteiger partial charge on any atom is 0.180 e. The number of aliphatic hydroxyl groups is 1. The van der Waals surface area contributed by atoms with Crippen molar-refractivity contribution in [3.05, 3.63) is 30.1 Å². The largest absolute Gasteiger partial charge is 0.390 e. The molecule has 2 N–H and O–H groups in total. The van der Waals surface area contributed by atoms with E-state index < -0.39 is 6.10 Å². The van der Waals surface area contributed by atoms with E-state index in [1.165, 1.54) is 0 Å². The van der Waals surface area contributed by atoms with Crippen molar-refractivity contribution in [1.29, 1.82) is 0 Å². The van der Waals surface area contributed by atoms with Gasteiger partial charge in [0.05, 0.1) is 19.3 Å². The molecule has 3 heterocycles. The number of aromatic nitrogens is 5. The molecule has 1 aliphatic rings. The third-order valence-electron chi connectivity index (χ3n) is 3.90. The molecule has 1 aliphatic heterocycles. The molecule has 2 atom stereocenters. The van der Waals surface area contributed by atoms with Gasteiger partial charge in [-0.2, -0.15) is 10.2 Å². The Kier molecular flexibility index (Phi) is 5.37. The quantitative estimate of drug-likeness (QED) is 0.767. The molecular weight excluding hydrogens is 296 g/mol. The van der Waals surface area contributed by atoms with Crippen LogP contribution >= 0.6 is 0 Å². The summed E-state index contributed by atoms with van der Waals surface area (Å²) in [5.74, 6) is 1.61. The van der Waals surface area contributed by atoms with E-state index in [4.69, 9.17) is 4.74 Å². The van der Waals surface area contributed by atoms with Gasteiger partial charge in [0, 0.05) is 38.4 Å². The SMILES string of the molecule is CCCc1nc([C@H]2CN(C[C@@H](O)Cn3cccn3)CCO2)n[nH]1. The summed E-state index contributed by atoms with van der Waals surface area (Å²) in [6, 6.07) is 1.86. The van der Waals surface area contributed by atoms with Gasteiger partial charge >= 0.3 is 0 Å². The van der Waals surface area contributed by atoms with Gasteiger partial charge in [-0.3, -0.25) is 14.7 Å². The lowest BCUT2D eigenvalue weighted by molar-refractivity contribution is -0.0473. The van der Waals surface area contributed by atoms with Crippen molar-refractivity contribution in [3.8, 4) is 0 Å². The van der Waals surface area contributed by atoms with Crippen molar-refractivity contribution < 1.29 is 9.84 Å². The Morgan fingerprint density at radius 2 is 2.39 bits per heavy atom. The van der Waals surface area contributed by atoms with Crippen LogP contribution in [0.15, 0.2) is 18.5 Å². The molecule has 3 rings (SSSR count). The number of hydrogen-bond donors (Lipinski definition) is 2. The number of nitrogens with zero attached hydrogens (tertiary/aromatic N) is 5. The van der Waals surface area contributed by atoms with Gasteiger partial charge in [-0.05, 0) is 12.5 Å². The van der Waals surface area contributed by atoms with E-state index in [2.05, 4.69) is 32.1 Å². The van der Waals surface area contributed by atoms with Crippen molar-refractivity contribution in [3.63, 3.8) is 0 Å². The molecule has 1 saturated heterocycles. The number of aliphatic hydroxyl groups excluding tert-OH is 1. The number of H-pyrrole nitrogens is 1. The molecule has 0 radical (unpaired) electrons. The van der Waals surface area contributed by atoms with Crippen LogP contribution in [0.1, 0.15) is 31.1 Å². The summed E-state index contributed by atoms with van der Waals surface area (Å²) in [6.07, 6.45) is 4.90. The molecule has 0 spiro atoms. The van der Waals surface area contributed by atoms with Crippen LogP contribution in [0.2, 0.25) is 0 Å². The first-order valence-electron chi connectivity index (χ1n) is 8.15. The molecule has 2 aromatic heterocycles. The maximum absolute atomic E-state index is 10.2. The van der Waals surface area contributed by atoms with Crippen molar-refractivity contribution in [1.82, 2.24) is 29.9 Å². The molecule has 0 saturated carbocycles. The van der Waals surface area contributed by atoms with Gasteiger partial charge in [-0.1, -0.05) is 6.92 Å². The van der Waals surface area contributed by atoms with Crippen LogP contribution in [0.4, 0.5) is 0 Å². The van der Waals surface area contributed by atoms with Crippen LogP contribution < -0.4 is 0 Å². The van der Waals surface area contributed by atoms with Crippen LogP contribution in [-0.2, 0) is 17.7 Å². The fraction of sp³-hybridized carbons (Fsp3) is 0.667. The zero-order valence-electron chi connectivity index (χ0n) is 13.4. The molecular formula is C15H24N6O2. The average Bonchev–Trinajstić information content (AvgIpc) is 3.20. The maximum atomic E-state index is 10.2. The summed E-state index contributed by atoms with van der Waals surface area (Å²) >= 11 is 0. The van der Waals surface area contributed by atoms with Gasteiger partial charge in [0.25, 0.3) is 0 Å². The monoisotopic (exact) mass is 320 g/mol. The van der Waals surface area contributed by atoms with Crippen LogP contribution in [0.3, 0.4) is 0 Å². The highest BCUT2D eigenvalue weighted by atomic mass is 16.5. The molecule has 23 heavy (non-hydrogen) atoms. The van der Waals surface area contributed by atoms with Gasteiger partial charge in [0.1, 0.15) is 11.9 Å². The van der Waals surface area contributed by atoms with Crippen LogP contribution in [-0.4, -0.2) is 67.3 Å². The molecule has 0 aromatic carbocycles. The Balaban J connectivity index is 1.52. The van der Waals surface area contributed by atoms with Crippen LogP contribution in [0.5, 0.6) is 0 Å². The van der Waals surface area contributed by atoms with E-state index >= 15 is 0 Å². The van der Waals surface area contributed by atoms with Crippen molar-refractivity contribution >= 4 is 0 Å². The number of β-amino-alcohol motifs (C(OH)–C–C–N with tert-alkyl or cyclic N) is 1. The second-order valence-electron chi connectivity index (χ2n) is 5.89. The first kappa shape index (κ1) is 16.1. The Morgan fingerprint density at radius 1 is 1.48 bits per heavy atom. The number of aryl methyl sites for hydroxylation is 1. The predicted molar refractivity (Wildman–Crippen MR) is 83.7 cm³/mol. The number of rotatable bonds is 7. The molecule has 0 aliphatic carbocycles. The third-order valence-corrected chi connectivity index (χ3v) is 3.90. The lowest BCUT2D eigenvalue weighted by Crippen LogP contribution is -2.43. The Morgan fingerprint density at radius 3 is 3.17 bits per heavy atom. The average molecular weight is 320 g/mol. The Labute approximate surface area is 135 Å². The summed E-state index contributed by atoms with van der Waals surface area (Å²) in [6.45, 7) is 5.32. The predicted octanol–water partition coefficient (Wildman–Crippen LogP) is 0.388. The minimum Gasteiger partial charge on any atom is -0.390 e. The zero-order valence-corrected chi connectivity index (χ0v) is 13.4. The standard InChI is InChI=1S/C15H24N6O2/c1-2-4-14-17-15(19-18-14)13-11-20(7-8-23-13)9-12(22)10-21-6-3-5-16-21/h3,5-6,12-13,22H,2,4,7-11H2,1H3,(H,17,18,19)/t12-,13-/m1/s1. The number of nitrogens with one attached hydrogen (secondary N) is 1. The smallest absolute Gasteiger partial charge is 0.180 e. The van der Waals surface area contributed by atoms with Crippen molar-refractivity contribution in [2.24, 2.45) is 0 Å². The zero-order chi connectivity index (χ0) is 16.1. The number of hydrogen-bond acceptors (Lipinski definition) is 6. The van der Waals surface area contributed by atoms with Crippen LogP contribution in [0.25, 0.3) is 0 Å². The van der Waals surface area contributed by atoms with Crippen molar-refractivity contribution in [2.45, 2.75) is 38.5 Å². The first-order chi connectivity index (χ1) is 11.2. The highest BCUT2D eigenvalue weighted by Gasteiger charge is 2.26. The van der Waals surface area contributed by atoms with Gasteiger partial charge in [-0.25, -0.2) is 4.98 Å². The fourth-order valence-electron chi connectivity index (χ4n) is 2.81. The summed E-state index contributed by atoms with van der Waals surface area (Å²) < 4.78 is 7.53. The second-order valence-corrected chi connectivity index (χ2v) is 5.89. The second kappa shape index (κ2) is 7.67. The van der Waals surface area contributed by atoms with E-state index in [0.29, 0.717) is 32.1 Å². The fourth-order valence-corrected chi connectivity index (χ4v) is 2.81. The number of ether oxygens (including phenoxy) is 1. The highest BCUT2D eigenvalue weighted by Crippen LogP contribution is 2.19. The summed E-state index contributed by atoms with van der Waals surface area (Å²) in [4.78, 5) is 6.70. The molecule has 1 fully saturated rings.